The molecule has 1 aliphatic rings. The molecule has 0 spiro atoms. The van der Waals surface area contributed by atoms with E-state index in [2.05, 4.69) is 0 Å². The average molecular weight is 420 g/mol. The highest BCUT2D eigenvalue weighted by atomic mass is 32.2. The van der Waals surface area contributed by atoms with Crippen LogP contribution in [0.15, 0.2) is 41.4 Å². The first-order valence-electron chi connectivity index (χ1n) is 9.97. The molecule has 3 rings (SSSR count). The number of hydrogen-bond acceptors (Lipinski definition) is 4. The highest BCUT2D eigenvalue weighted by Crippen LogP contribution is 2.24. The van der Waals surface area contributed by atoms with Crippen LogP contribution in [0.2, 0.25) is 0 Å². The number of carbonyl (C=O) groups excluding carboxylic acids is 1. The summed E-state index contributed by atoms with van der Waals surface area (Å²) in [5, 5.41) is 0. The van der Waals surface area contributed by atoms with Crippen LogP contribution in [-0.4, -0.2) is 54.8 Å². The van der Waals surface area contributed by atoms with E-state index in [9.17, 15) is 13.2 Å². The number of amides is 1. The van der Waals surface area contributed by atoms with Crippen LogP contribution in [0, 0.1) is 0 Å². The molecule has 7 nitrogen and oxygen atoms in total. The molecule has 0 bridgehead atoms. The van der Waals surface area contributed by atoms with Gasteiger partial charge in [-0.05, 0) is 31.9 Å². The van der Waals surface area contributed by atoms with Crippen LogP contribution in [0.1, 0.15) is 42.2 Å². The van der Waals surface area contributed by atoms with Crippen LogP contribution < -0.4 is 4.74 Å². The van der Waals surface area contributed by atoms with Gasteiger partial charge in [-0.3, -0.25) is 4.79 Å². The summed E-state index contributed by atoms with van der Waals surface area (Å²) >= 11 is 0. The molecule has 2 heterocycles. The zero-order chi connectivity index (χ0) is 21.0. The van der Waals surface area contributed by atoms with Gasteiger partial charge in [-0.1, -0.05) is 24.6 Å². The Morgan fingerprint density at radius 1 is 1.17 bits per heavy atom. The molecule has 0 aliphatic carbocycles. The fourth-order valence-corrected chi connectivity index (χ4v) is 5.18. The Bertz CT molecular complexity index is 962. The van der Waals surface area contributed by atoms with Gasteiger partial charge >= 0.3 is 0 Å². The smallest absolute Gasteiger partial charge is 0.270 e. The first kappa shape index (κ1) is 21.4. The zero-order valence-electron chi connectivity index (χ0n) is 17.3. The Labute approximate surface area is 172 Å². The lowest BCUT2D eigenvalue weighted by atomic mass is 10.2. The summed E-state index contributed by atoms with van der Waals surface area (Å²) in [4.78, 5) is 14.8. The molecular formula is C21H29N3O4S. The largest absolute Gasteiger partial charge is 0.494 e. The molecule has 1 aromatic carbocycles. The number of hydrogen-bond donors (Lipinski definition) is 0. The maximum absolute atomic E-state index is 13.0. The molecule has 0 N–H and O–H groups in total. The maximum atomic E-state index is 13.0. The minimum absolute atomic E-state index is 0.174. The molecule has 0 saturated carbocycles. The van der Waals surface area contributed by atoms with Crippen LogP contribution in [0.3, 0.4) is 0 Å². The Kier molecular flexibility index (Phi) is 6.64. The van der Waals surface area contributed by atoms with E-state index in [1.54, 1.807) is 23.6 Å². The molecule has 1 aliphatic heterocycles. The highest BCUT2D eigenvalue weighted by molar-refractivity contribution is 7.89. The predicted octanol–water partition coefficient (Wildman–Crippen LogP) is 2.87. The van der Waals surface area contributed by atoms with E-state index in [1.807, 2.05) is 31.2 Å². The number of aromatic nitrogens is 1. The second-order valence-electron chi connectivity index (χ2n) is 7.34. The van der Waals surface area contributed by atoms with Crippen molar-refractivity contribution in [1.82, 2.24) is 13.8 Å². The Morgan fingerprint density at radius 2 is 1.86 bits per heavy atom. The van der Waals surface area contributed by atoms with Gasteiger partial charge in [0.25, 0.3) is 5.91 Å². The van der Waals surface area contributed by atoms with Crippen LogP contribution in [-0.2, 0) is 23.6 Å². The maximum Gasteiger partial charge on any atom is 0.270 e. The summed E-state index contributed by atoms with van der Waals surface area (Å²) in [7, 11) is -0.170. The molecule has 1 fully saturated rings. The number of carbonyl (C=O) groups is 1. The third-order valence-corrected chi connectivity index (χ3v) is 7.04. The number of piperidine rings is 1. The van der Waals surface area contributed by atoms with E-state index in [0.717, 1.165) is 30.6 Å². The lowest BCUT2D eigenvalue weighted by molar-refractivity contribution is 0.0774. The zero-order valence-corrected chi connectivity index (χ0v) is 18.1. The number of para-hydroxylation sites is 1. The van der Waals surface area contributed by atoms with Gasteiger partial charge in [0.1, 0.15) is 16.3 Å². The molecular weight excluding hydrogens is 390 g/mol. The van der Waals surface area contributed by atoms with E-state index < -0.39 is 10.0 Å². The van der Waals surface area contributed by atoms with Crippen molar-refractivity contribution in [3.8, 4) is 5.75 Å². The van der Waals surface area contributed by atoms with Gasteiger partial charge in [-0.15, -0.1) is 0 Å². The summed E-state index contributed by atoms with van der Waals surface area (Å²) in [6.07, 6.45) is 4.33. The Hall–Kier alpha value is -2.32. The Balaban J connectivity index is 1.79. The molecule has 2 aromatic rings. The SMILES string of the molecule is CCOc1ccccc1CN(C)C(=O)c1cc(S(=O)(=O)N2CCCCC2)cn1C. The van der Waals surface area contributed by atoms with Crippen molar-refractivity contribution in [3.63, 3.8) is 0 Å². The van der Waals surface area contributed by atoms with Crippen molar-refractivity contribution < 1.29 is 17.9 Å². The molecule has 158 valence electrons. The van der Waals surface area contributed by atoms with Gasteiger partial charge in [-0.2, -0.15) is 4.31 Å². The van der Waals surface area contributed by atoms with Gasteiger partial charge < -0.3 is 14.2 Å². The summed E-state index contributed by atoms with van der Waals surface area (Å²) < 4.78 is 34.6. The monoisotopic (exact) mass is 419 g/mol. The normalized spacial score (nSPS) is 15.3. The molecule has 29 heavy (non-hydrogen) atoms. The number of ether oxygens (including phenoxy) is 1. The van der Waals surface area contributed by atoms with E-state index in [1.165, 1.54) is 16.6 Å². The second-order valence-corrected chi connectivity index (χ2v) is 9.28. The van der Waals surface area contributed by atoms with E-state index in [4.69, 9.17) is 4.74 Å². The van der Waals surface area contributed by atoms with Crippen molar-refractivity contribution in [2.45, 2.75) is 37.6 Å². The molecule has 1 aromatic heterocycles. The minimum Gasteiger partial charge on any atom is -0.494 e. The number of aryl methyl sites for hydroxylation is 1. The first-order chi connectivity index (χ1) is 13.8. The van der Waals surface area contributed by atoms with Gasteiger partial charge in [-0.25, -0.2) is 8.42 Å². The van der Waals surface area contributed by atoms with Gasteiger partial charge in [0, 0.05) is 45.5 Å². The molecule has 1 amide bonds. The van der Waals surface area contributed by atoms with E-state index >= 15 is 0 Å². The summed E-state index contributed by atoms with van der Waals surface area (Å²) in [6, 6.07) is 9.08. The topological polar surface area (TPSA) is 71.8 Å². The standard InChI is InChI=1S/C21H29N3O4S/c1-4-28-20-11-7-6-10-17(20)15-23(3)21(25)19-14-18(16-22(19)2)29(26,27)24-12-8-5-9-13-24/h6-7,10-11,14,16H,4-5,8-9,12-13,15H2,1-3H3. The van der Waals surface area contributed by atoms with E-state index in [0.29, 0.717) is 31.9 Å². The molecule has 0 atom stereocenters. The molecule has 0 radical (unpaired) electrons. The first-order valence-corrected chi connectivity index (χ1v) is 11.4. The predicted molar refractivity (Wildman–Crippen MR) is 111 cm³/mol. The highest BCUT2D eigenvalue weighted by Gasteiger charge is 2.29. The third-order valence-electron chi connectivity index (χ3n) is 5.18. The summed E-state index contributed by atoms with van der Waals surface area (Å²) in [5.74, 6) is 0.508. The molecule has 8 heteroatoms. The van der Waals surface area contributed by atoms with Crippen LogP contribution >= 0.6 is 0 Å². The van der Waals surface area contributed by atoms with Crippen molar-refractivity contribution in [3.05, 3.63) is 47.8 Å². The van der Waals surface area contributed by atoms with Crippen molar-refractivity contribution in [1.29, 1.82) is 0 Å². The minimum atomic E-state index is -3.57. The van der Waals surface area contributed by atoms with Crippen molar-refractivity contribution in [2.75, 3.05) is 26.7 Å². The van der Waals surface area contributed by atoms with Crippen LogP contribution in [0.4, 0.5) is 0 Å². The van der Waals surface area contributed by atoms with Gasteiger partial charge in [0.15, 0.2) is 0 Å². The number of benzene rings is 1. The summed E-state index contributed by atoms with van der Waals surface area (Å²) in [5.41, 5.74) is 1.25. The number of nitrogens with zero attached hydrogens (tertiary/aromatic N) is 3. The Morgan fingerprint density at radius 3 is 2.55 bits per heavy atom. The third kappa shape index (κ3) is 4.64. The van der Waals surface area contributed by atoms with Crippen LogP contribution in [0.5, 0.6) is 5.75 Å². The number of sulfonamides is 1. The molecule has 1 saturated heterocycles. The quantitative estimate of drug-likeness (QED) is 0.692. The number of rotatable bonds is 7. The second kappa shape index (κ2) is 9.00. The lowest BCUT2D eigenvalue weighted by Crippen LogP contribution is -2.35. The van der Waals surface area contributed by atoms with Crippen molar-refractivity contribution in [2.24, 2.45) is 7.05 Å². The van der Waals surface area contributed by atoms with Crippen LogP contribution in [0.25, 0.3) is 0 Å². The average Bonchev–Trinajstić information content (AvgIpc) is 3.12. The van der Waals surface area contributed by atoms with Gasteiger partial charge in [0.2, 0.25) is 10.0 Å². The van der Waals surface area contributed by atoms with E-state index in [-0.39, 0.29) is 10.8 Å². The summed E-state index contributed by atoms with van der Waals surface area (Å²) in [6.45, 7) is 3.90. The van der Waals surface area contributed by atoms with Crippen molar-refractivity contribution >= 4 is 15.9 Å². The lowest BCUT2D eigenvalue weighted by Gasteiger charge is -2.25. The van der Waals surface area contributed by atoms with Gasteiger partial charge in [0.05, 0.1) is 6.61 Å². The fraction of sp³-hybridized carbons (Fsp3) is 0.476. The fourth-order valence-electron chi connectivity index (χ4n) is 3.60. The molecule has 0 unspecified atom stereocenters.